The number of amides is 1. The van der Waals surface area contributed by atoms with Crippen molar-refractivity contribution in [1.29, 1.82) is 0 Å². The fourth-order valence-corrected chi connectivity index (χ4v) is 2.53. The number of carbonyl (C=O) groups is 1. The molecule has 1 heterocycles. The van der Waals surface area contributed by atoms with E-state index >= 15 is 0 Å². The number of nitrogen functional groups attached to an aromatic ring is 1. The first kappa shape index (κ1) is 17.5. The van der Waals surface area contributed by atoms with Crippen LogP contribution in [0.4, 0.5) is 0 Å². The van der Waals surface area contributed by atoms with Crippen molar-refractivity contribution in [1.82, 2.24) is 15.6 Å². The van der Waals surface area contributed by atoms with Gasteiger partial charge in [0.2, 0.25) is 0 Å². The van der Waals surface area contributed by atoms with Crippen molar-refractivity contribution >= 4 is 5.91 Å². The average Bonchev–Trinajstić information content (AvgIpc) is 3.07. The van der Waals surface area contributed by atoms with Gasteiger partial charge in [-0.05, 0) is 43.3 Å². The van der Waals surface area contributed by atoms with Crippen LogP contribution in [0.1, 0.15) is 16.1 Å². The lowest BCUT2D eigenvalue weighted by Gasteiger charge is -2.09. The molecule has 0 unspecified atom stereocenters. The molecular formula is C19H20N4O3. The zero-order valence-corrected chi connectivity index (χ0v) is 14.4. The second kappa shape index (κ2) is 8.17. The van der Waals surface area contributed by atoms with Crippen LogP contribution in [0.25, 0.3) is 11.3 Å². The largest absolute Gasteiger partial charge is 0.490 e. The van der Waals surface area contributed by atoms with Gasteiger partial charge >= 0.3 is 0 Å². The van der Waals surface area contributed by atoms with Crippen LogP contribution >= 0.6 is 0 Å². The van der Waals surface area contributed by atoms with Gasteiger partial charge in [0, 0.05) is 11.3 Å². The maximum absolute atomic E-state index is 11.9. The van der Waals surface area contributed by atoms with Crippen molar-refractivity contribution in [3.63, 3.8) is 0 Å². The molecule has 0 atom stereocenters. The SMILES string of the molecule is Cc1[nH]nc(-c2ccc(OCCOc3ccccc3)cc2)c1C(=O)NN. The number of carbonyl (C=O) groups excluding carboxylic acids is 1. The molecule has 3 rings (SSSR count). The van der Waals surface area contributed by atoms with Crippen molar-refractivity contribution < 1.29 is 14.3 Å². The fourth-order valence-electron chi connectivity index (χ4n) is 2.53. The molecule has 0 fully saturated rings. The first-order valence-electron chi connectivity index (χ1n) is 8.16. The van der Waals surface area contributed by atoms with E-state index in [1.165, 1.54) is 0 Å². The summed E-state index contributed by atoms with van der Waals surface area (Å²) in [5.41, 5.74) is 4.56. The van der Waals surface area contributed by atoms with Crippen LogP contribution in [0, 0.1) is 6.92 Å². The van der Waals surface area contributed by atoms with Crippen LogP contribution < -0.4 is 20.7 Å². The van der Waals surface area contributed by atoms with E-state index in [4.69, 9.17) is 15.3 Å². The maximum atomic E-state index is 11.9. The number of H-pyrrole nitrogens is 1. The number of benzene rings is 2. The van der Waals surface area contributed by atoms with E-state index in [0.29, 0.717) is 35.9 Å². The van der Waals surface area contributed by atoms with Gasteiger partial charge in [-0.15, -0.1) is 0 Å². The number of nitrogens with one attached hydrogen (secondary N) is 2. The lowest BCUT2D eigenvalue weighted by atomic mass is 10.1. The van der Waals surface area contributed by atoms with E-state index in [-0.39, 0.29) is 5.91 Å². The molecule has 0 aliphatic carbocycles. The van der Waals surface area contributed by atoms with Gasteiger partial charge in [0.1, 0.15) is 30.4 Å². The van der Waals surface area contributed by atoms with Crippen LogP contribution in [-0.4, -0.2) is 29.3 Å². The zero-order valence-electron chi connectivity index (χ0n) is 14.4. The number of aryl methyl sites for hydroxylation is 1. The predicted molar refractivity (Wildman–Crippen MR) is 97.8 cm³/mol. The second-order valence-electron chi connectivity index (χ2n) is 5.58. The molecule has 0 aliphatic heterocycles. The molecule has 7 nitrogen and oxygen atoms in total. The molecule has 1 aromatic heterocycles. The number of aromatic nitrogens is 2. The average molecular weight is 352 g/mol. The molecule has 0 spiro atoms. The van der Waals surface area contributed by atoms with Crippen molar-refractivity contribution in [2.24, 2.45) is 5.84 Å². The van der Waals surface area contributed by atoms with Crippen LogP contribution in [0.15, 0.2) is 54.6 Å². The van der Waals surface area contributed by atoms with E-state index in [1.54, 1.807) is 6.92 Å². The molecule has 0 saturated carbocycles. The molecule has 2 aromatic carbocycles. The van der Waals surface area contributed by atoms with Crippen molar-refractivity contribution in [3.8, 4) is 22.8 Å². The van der Waals surface area contributed by atoms with Gasteiger partial charge in [0.25, 0.3) is 5.91 Å². The quantitative estimate of drug-likeness (QED) is 0.262. The molecule has 0 radical (unpaired) electrons. The Balaban J connectivity index is 1.60. The minimum Gasteiger partial charge on any atom is -0.490 e. The molecule has 0 bridgehead atoms. The van der Waals surface area contributed by atoms with Crippen LogP contribution in [0.3, 0.4) is 0 Å². The monoisotopic (exact) mass is 352 g/mol. The topological polar surface area (TPSA) is 102 Å². The van der Waals surface area contributed by atoms with Gasteiger partial charge in [-0.1, -0.05) is 18.2 Å². The van der Waals surface area contributed by atoms with E-state index in [2.05, 4.69) is 15.6 Å². The smallest absolute Gasteiger partial charge is 0.269 e. The van der Waals surface area contributed by atoms with Gasteiger partial charge in [0.15, 0.2) is 0 Å². The third-order valence-electron chi connectivity index (χ3n) is 3.80. The highest BCUT2D eigenvalue weighted by molar-refractivity contribution is 6.00. The fraction of sp³-hybridized carbons (Fsp3) is 0.158. The Labute approximate surface area is 151 Å². The van der Waals surface area contributed by atoms with E-state index in [9.17, 15) is 4.79 Å². The van der Waals surface area contributed by atoms with Gasteiger partial charge in [0.05, 0.1) is 5.56 Å². The van der Waals surface area contributed by atoms with E-state index < -0.39 is 0 Å². The van der Waals surface area contributed by atoms with Crippen molar-refractivity contribution in [3.05, 3.63) is 65.9 Å². The maximum Gasteiger partial charge on any atom is 0.269 e. The van der Waals surface area contributed by atoms with Crippen molar-refractivity contribution in [2.45, 2.75) is 6.92 Å². The highest BCUT2D eigenvalue weighted by atomic mass is 16.5. The predicted octanol–water partition coefficient (Wildman–Crippen LogP) is 2.45. The Morgan fingerprint density at radius 3 is 2.27 bits per heavy atom. The van der Waals surface area contributed by atoms with Crippen LogP contribution in [-0.2, 0) is 0 Å². The zero-order chi connectivity index (χ0) is 18.4. The molecule has 3 aromatic rings. The summed E-state index contributed by atoms with van der Waals surface area (Å²) >= 11 is 0. The summed E-state index contributed by atoms with van der Waals surface area (Å²) in [4.78, 5) is 11.9. The first-order valence-corrected chi connectivity index (χ1v) is 8.16. The molecule has 4 N–H and O–H groups in total. The Morgan fingerprint density at radius 2 is 1.65 bits per heavy atom. The number of nitrogens with two attached hydrogens (primary N) is 1. The summed E-state index contributed by atoms with van der Waals surface area (Å²) < 4.78 is 11.3. The summed E-state index contributed by atoms with van der Waals surface area (Å²) in [6, 6.07) is 16.9. The lowest BCUT2D eigenvalue weighted by Crippen LogP contribution is -2.30. The highest BCUT2D eigenvalue weighted by Gasteiger charge is 2.18. The number of hydrazine groups is 1. The highest BCUT2D eigenvalue weighted by Crippen LogP contribution is 2.25. The standard InChI is InChI=1S/C19H20N4O3/c1-13-17(19(24)21-20)18(23-22-13)14-7-9-16(10-8-14)26-12-11-25-15-5-3-2-4-6-15/h2-10H,11-12,20H2,1H3,(H,21,24)(H,22,23). The lowest BCUT2D eigenvalue weighted by molar-refractivity contribution is 0.0954. The minimum atomic E-state index is -0.385. The Bertz CT molecular complexity index is 860. The number of aromatic amines is 1. The molecule has 26 heavy (non-hydrogen) atoms. The number of nitrogens with zero attached hydrogens (tertiary/aromatic N) is 1. The Kier molecular flexibility index (Phi) is 5.50. The number of para-hydroxylation sites is 1. The summed E-state index contributed by atoms with van der Waals surface area (Å²) in [6.07, 6.45) is 0. The molecule has 7 heteroatoms. The molecule has 0 saturated heterocycles. The third kappa shape index (κ3) is 4.01. The number of hydrogen-bond donors (Lipinski definition) is 3. The molecule has 134 valence electrons. The number of ether oxygens (including phenoxy) is 2. The minimum absolute atomic E-state index is 0.385. The molecule has 0 aliphatic rings. The molecule has 1 amide bonds. The van der Waals surface area contributed by atoms with Gasteiger partial charge in [-0.3, -0.25) is 15.3 Å². The van der Waals surface area contributed by atoms with Gasteiger partial charge < -0.3 is 9.47 Å². The van der Waals surface area contributed by atoms with E-state index in [1.807, 2.05) is 54.6 Å². The second-order valence-corrected chi connectivity index (χ2v) is 5.58. The summed E-state index contributed by atoms with van der Waals surface area (Å²) in [6.45, 7) is 2.65. The summed E-state index contributed by atoms with van der Waals surface area (Å²) in [7, 11) is 0. The summed E-state index contributed by atoms with van der Waals surface area (Å²) in [5, 5.41) is 7.00. The summed E-state index contributed by atoms with van der Waals surface area (Å²) in [5.74, 6) is 6.38. The van der Waals surface area contributed by atoms with Gasteiger partial charge in [-0.2, -0.15) is 5.10 Å². The first-order chi connectivity index (χ1) is 12.7. The Hall–Kier alpha value is -3.32. The number of hydrogen-bond acceptors (Lipinski definition) is 5. The van der Waals surface area contributed by atoms with Gasteiger partial charge in [-0.25, -0.2) is 5.84 Å². The Morgan fingerprint density at radius 1 is 1.04 bits per heavy atom. The normalized spacial score (nSPS) is 10.4. The van der Waals surface area contributed by atoms with Crippen LogP contribution in [0.5, 0.6) is 11.5 Å². The van der Waals surface area contributed by atoms with E-state index in [0.717, 1.165) is 11.3 Å². The van der Waals surface area contributed by atoms with Crippen molar-refractivity contribution in [2.75, 3.05) is 13.2 Å². The number of rotatable bonds is 7. The third-order valence-corrected chi connectivity index (χ3v) is 3.80. The molecular weight excluding hydrogens is 332 g/mol. The van der Waals surface area contributed by atoms with Crippen LogP contribution in [0.2, 0.25) is 0 Å².